The Kier molecular flexibility index (Phi) is 3.53. The molecule has 0 saturated carbocycles. The summed E-state index contributed by atoms with van der Waals surface area (Å²) in [5.41, 5.74) is 4.79. The molecule has 0 aliphatic carbocycles. The number of cyclic esters (lactones) is 1. The number of carbonyl (C=O) groups is 2. The molecule has 0 fully saturated rings. The zero-order valence-electron chi connectivity index (χ0n) is 12.4. The molecule has 5 nitrogen and oxygen atoms in total. The number of aryl methyl sites for hydroxylation is 1. The van der Waals surface area contributed by atoms with Gasteiger partial charge in [-0.1, -0.05) is 12.1 Å². The van der Waals surface area contributed by atoms with Crippen molar-refractivity contribution in [1.29, 1.82) is 0 Å². The van der Waals surface area contributed by atoms with Crippen molar-refractivity contribution in [3.63, 3.8) is 0 Å². The number of ether oxygens (including phenoxy) is 2. The van der Waals surface area contributed by atoms with Gasteiger partial charge in [-0.2, -0.15) is 0 Å². The average molecular weight is 421 g/mol. The van der Waals surface area contributed by atoms with E-state index in [0.717, 1.165) is 20.5 Å². The van der Waals surface area contributed by atoms with E-state index < -0.39 is 0 Å². The van der Waals surface area contributed by atoms with Crippen LogP contribution >= 0.6 is 22.6 Å². The van der Waals surface area contributed by atoms with E-state index in [4.69, 9.17) is 9.47 Å². The van der Waals surface area contributed by atoms with Crippen molar-refractivity contribution < 1.29 is 19.1 Å². The SMILES string of the molecule is Cc1ccc(C2C3=C(COCC3=O)NC3=C2C(=O)OC3)cc1[125I]. The van der Waals surface area contributed by atoms with Crippen LogP contribution in [0, 0.1) is 10.5 Å². The van der Waals surface area contributed by atoms with E-state index in [-0.39, 0.29) is 30.9 Å². The minimum atomic E-state index is -0.373. The molecule has 0 bridgehead atoms. The van der Waals surface area contributed by atoms with E-state index in [1.54, 1.807) is 0 Å². The first-order valence-corrected chi connectivity index (χ1v) is 8.41. The maximum absolute atomic E-state index is 12.5. The molecule has 6 heteroatoms. The molecule has 0 radical (unpaired) electrons. The summed E-state index contributed by atoms with van der Waals surface area (Å²) in [6, 6.07) is 6.04. The van der Waals surface area contributed by atoms with Gasteiger partial charge in [0.15, 0.2) is 5.78 Å². The van der Waals surface area contributed by atoms with Crippen molar-refractivity contribution in [2.45, 2.75) is 12.8 Å². The summed E-state index contributed by atoms with van der Waals surface area (Å²) in [7, 11) is 0. The molecule has 0 spiro atoms. The molecule has 1 N–H and O–H groups in total. The van der Waals surface area contributed by atoms with Gasteiger partial charge in [-0.25, -0.2) is 4.79 Å². The van der Waals surface area contributed by atoms with Crippen LogP contribution in [0.15, 0.2) is 40.7 Å². The summed E-state index contributed by atoms with van der Waals surface area (Å²) in [4.78, 5) is 24.7. The maximum Gasteiger partial charge on any atom is 0.337 e. The van der Waals surface area contributed by atoms with Crippen molar-refractivity contribution in [3.8, 4) is 0 Å². The normalized spacial score (nSPS) is 23.5. The number of halogens is 1. The third-order valence-electron chi connectivity index (χ3n) is 4.41. The maximum atomic E-state index is 12.5. The van der Waals surface area contributed by atoms with Gasteiger partial charge in [0, 0.05) is 20.8 Å². The number of esters is 1. The Hall–Kier alpha value is -1.67. The number of Topliss-reactive ketones (excluding diaryl/α,β-unsaturated/α-hetero) is 1. The van der Waals surface area contributed by atoms with Gasteiger partial charge in [0.05, 0.1) is 17.9 Å². The van der Waals surface area contributed by atoms with Gasteiger partial charge in [0.25, 0.3) is 0 Å². The summed E-state index contributed by atoms with van der Waals surface area (Å²) in [5.74, 6) is -0.800. The van der Waals surface area contributed by atoms with Crippen LogP contribution in [-0.2, 0) is 19.1 Å². The van der Waals surface area contributed by atoms with E-state index in [1.165, 1.54) is 5.56 Å². The van der Waals surface area contributed by atoms with E-state index >= 15 is 0 Å². The van der Waals surface area contributed by atoms with Crippen LogP contribution in [0.25, 0.3) is 0 Å². The van der Waals surface area contributed by atoms with Crippen molar-refractivity contribution in [3.05, 3.63) is 55.4 Å². The van der Waals surface area contributed by atoms with Gasteiger partial charge in [-0.05, 0) is 46.7 Å². The number of hydrogen-bond donors (Lipinski definition) is 1. The standard InChI is InChI=1S/C17H14INO4/c1-8-2-3-9(4-10(8)18)14-15-11(5-22-7-13(15)20)19-12-6-23-17(21)16(12)14/h2-4,14,19H,5-7H2,1H3/i18-2. The predicted molar refractivity (Wildman–Crippen MR) is 90.6 cm³/mol. The van der Waals surface area contributed by atoms with Gasteiger partial charge >= 0.3 is 5.97 Å². The first kappa shape index (κ1) is 14.9. The Bertz CT molecular complexity index is 809. The van der Waals surface area contributed by atoms with Crippen molar-refractivity contribution in [1.82, 2.24) is 5.32 Å². The summed E-state index contributed by atoms with van der Waals surface area (Å²) in [5, 5.41) is 3.17. The zero-order chi connectivity index (χ0) is 16.1. The molecular formula is C17H14INO4. The van der Waals surface area contributed by atoms with Gasteiger partial charge in [0.2, 0.25) is 0 Å². The number of carbonyl (C=O) groups excluding carboxylic acids is 2. The lowest BCUT2D eigenvalue weighted by atomic mass is 9.78. The van der Waals surface area contributed by atoms with Crippen LogP contribution in [0.3, 0.4) is 0 Å². The minimum absolute atomic E-state index is 0.0532. The monoisotopic (exact) mass is 421 g/mol. The number of dihydropyridines is 1. The second kappa shape index (κ2) is 5.45. The molecule has 1 atom stereocenters. The topological polar surface area (TPSA) is 64.6 Å². The number of hydrogen-bond acceptors (Lipinski definition) is 5. The number of nitrogens with one attached hydrogen (secondary N) is 1. The van der Waals surface area contributed by atoms with Gasteiger partial charge < -0.3 is 14.8 Å². The van der Waals surface area contributed by atoms with Gasteiger partial charge in [-0.15, -0.1) is 0 Å². The number of ketones is 1. The fraction of sp³-hybridized carbons (Fsp3) is 0.294. The summed E-state index contributed by atoms with van der Waals surface area (Å²) in [6.45, 7) is 2.66. The Labute approximate surface area is 146 Å². The van der Waals surface area contributed by atoms with Crippen LogP contribution in [0.4, 0.5) is 0 Å². The second-order valence-electron chi connectivity index (χ2n) is 5.84. The highest BCUT2D eigenvalue weighted by molar-refractivity contribution is 14.1. The predicted octanol–water partition coefficient (Wildman–Crippen LogP) is 1.95. The smallest absolute Gasteiger partial charge is 0.337 e. The van der Waals surface area contributed by atoms with Crippen LogP contribution < -0.4 is 5.32 Å². The van der Waals surface area contributed by atoms with Crippen molar-refractivity contribution >= 4 is 34.3 Å². The lowest BCUT2D eigenvalue weighted by Crippen LogP contribution is -2.37. The molecule has 0 aromatic heterocycles. The summed E-state index contributed by atoms with van der Waals surface area (Å²) < 4.78 is 11.6. The van der Waals surface area contributed by atoms with Crippen molar-refractivity contribution in [2.75, 3.05) is 19.8 Å². The van der Waals surface area contributed by atoms with Crippen LogP contribution in [0.2, 0.25) is 0 Å². The molecule has 23 heavy (non-hydrogen) atoms. The summed E-state index contributed by atoms with van der Waals surface area (Å²) in [6.07, 6.45) is 0. The Morgan fingerprint density at radius 1 is 1.13 bits per heavy atom. The summed E-state index contributed by atoms with van der Waals surface area (Å²) >= 11 is 2.27. The van der Waals surface area contributed by atoms with E-state index in [9.17, 15) is 9.59 Å². The molecule has 4 rings (SSSR count). The molecule has 0 saturated heterocycles. The van der Waals surface area contributed by atoms with E-state index in [1.807, 2.05) is 25.1 Å². The first-order valence-electron chi connectivity index (χ1n) is 7.33. The number of rotatable bonds is 1. The zero-order valence-corrected chi connectivity index (χ0v) is 14.6. The largest absolute Gasteiger partial charge is 0.456 e. The minimum Gasteiger partial charge on any atom is -0.456 e. The third-order valence-corrected chi connectivity index (χ3v) is 5.57. The lowest BCUT2D eigenvalue weighted by molar-refractivity contribution is -0.136. The third kappa shape index (κ3) is 2.31. The van der Waals surface area contributed by atoms with Crippen molar-refractivity contribution in [2.24, 2.45) is 0 Å². The lowest BCUT2D eigenvalue weighted by Gasteiger charge is -2.32. The molecule has 1 unspecified atom stereocenters. The molecule has 1 aromatic rings. The van der Waals surface area contributed by atoms with Gasteiger partial charge in [0.1, 0.15) is 13.2 Å². The molecule has 118 valence electrons. The molecular weight excluding hydrogens is 407 g/mol. The molecule has 0 amide bonds. The van der Waals surface area contributed by atoms with Crippen LogP contribution in [-0.4, -0.2) is 31.6 Å². The molecule has 3 aliphatic rings. The van der Waals surface area contributed by atoms with E-state index in [0.29, 0.717) is 17.8 Å². The molecule has 1 aromatic carbocycles. The highest BCUT2D eigenvalue weighted by atomic mass is 125. The Morgan fingerprint density at radius 3 is 2.70 bits per heavy atom. The van der Waals surface area contributed by atoms with Crippen LogP contribution in [0.1, 0.15) is 17.0 Å². The fourth-order valence-electron chi connectivity index (χ4n) is 3.27. The second-order valence-corrected chi connectivity index (χ2v) is 7.01. The first-order chi connectivity index (χ1) is 11.1. The highest BCUT2D eigenvalue weighted by Gasteiger charge is 2.43. The Balaban J connectivity index is 1.91. The fourth-order valence-corrected chi connectivity index (χ4v) is 3.81. The molecule has 3 aliphatic heterocycles. The average Bonchev–Trinajstić information content (AvgIpc) is 2.90. The van der Waals surface area contributed by atoms with E-state index in [2.05, 4.69) is 27.9 Å². The van der Waals surface area contributed by atoms with Gasteiger partial charge in [-0.3, -0.25) is 4.79 Å². The number of benzene rings is 1. The quantitative estimate of drug-likeness (QED) is 0.555. The highest BCUT2D eigenvalue weighted by Crippen LogP contribution is 2.42. The molecule has 3 heterocycles. The van der Waals surface area contributed by atoms with Crippen LogP contribution in [0.5, 0.6) is 0 Å². The Morgan fingerprint density at radius 2 is 1.91 bits per heavy atom.